The second-order valence-corrected chi connectivity index (χ2v) is 9.17. The van der Waals surface area contributed by atoms with Gasteiger partial charge in [0, 0.05) is 18.0 Å². The highest BCUT2D eigenvalue weighted by Gasteiger charge is 2.43. The monoisotopic (exact) mass is 444 g/mol. The molecule has 1 aromatic heterocycles. The third kappa shape index (κ3) is 3.82. The number of benzene rings is 2. The van der Waals surface area contributed by atoms with Gasteiger partial charge >= 0.3 is 0 Å². The minimum Gasteiger partial charge on any atom is -0.457 e. The number of amides is 2. The number of anilines is 1. The Kier molecular flexibility index (Phi) is 5.53. The van der Waals surface area contributed by atoms with Gasteiger partial charge in [-0.05, 0) is 66.6 Å². The lowest BCUT2D eigenvalue weighted by Crippen LogP contribution is -2.38. The molecule has 2 aliphatic rings. The van der Waals surface area contributed by atoms with Gasteiger partial charge in [0.25, 0.3) is 11.8 Å². The Labute approximate surface area is 191 Å². The Morgan fingerprint density at radius 1 is 0.844 bits per heavy atom. The lowest BCUT2D eigenvalue weighted by molar-refractivity contribution is -0.120. The second-order valence-electron chi connectivity index (χ2n) is 8.23. The average Bonchev–Trinajstić information content (AvgIpc) is 3.42. The fourth-order valence-electron chi connectivity index (χ4n) is 4.21. The van der Waals surface area contributed by atoms with Crippen LogP contribution in [0.2, 0.25) is 0 Å². The maximum atomic E-state index is 13.6. The van der Waals surface area contributed by atoms with Crippen molar-refractivity contribution in [3.8, 4) is 11.5 Å². The molecular weight excluding hydrogens is 420 g/mol. The van der Waals surface area contributed by atoms with Crippen LogP contribution >= 0.6 is 11.3 Å². The van der Waals surface area contributed by atoms with E-state index in [4.69, 9.17) is 4.74 Å². The topological polar surface area (TPSA) is 49.9 Å². The van der Waals surface area contributed by atoms with E-state index in [0.29, 0.717) is 28.6 Å². The van der Waals surface area contributed by atoms with Crippen molar-refractivity contribution in [2.75, 3.05) is 18.0 Å². The van der Waals surface area contributed by atoms with E-state index < -0.39 is 0 Å². The Hall–Kier alpha value is -3.38. The Balaban J connectivity index is 1.44. The molecule has 0 aliphatic carbocycles. The third-order valence-corrected chi connectivity index (χ3v) is 6.89. The van der Waals surface area contributed by atoms with Crippen LogP contribution in [0.1, 0.15) is 24.6 Å². The molecule has 1 saturated heterocycles. The fourth-order valence-corrected chi connectivity index (χ4v) is 4.97. The van der Waals surface area contributed by atoms with Crippen LogP contribution in [0.5, 0.6) is 11.5 Å². The molecule has 0 spiro atoms. The van der Waals surface area contributed by atoms with Gasteiger partial charge in [-0.2, -0.15) is 0 Å². The normalized spacial score (nSPS) is 17.4. The molecule has 3 heterocycles. The molecule has 2 amide bonds. The molecule has 0 radical (unpaired) electrons. The van der Waals surface area contributed by atoms with Crippen molar-refractivity contribution in [1.29, 1.82) is 0 Å². The first-order chi connectivity index (χ1) is 15.6. The zero-order valence-corrected chi connectivity index (χ0v) is 18.7. The predicted molar refractivity (Wildman–Crippen MR) is 127 cm³/mol. The van der Waals surface area contributed by atoms with Gasteiger partial charge in [0.05, 0.1) is 11.3 Å². The molecule has 1 fully saturated rings. The number of para-hydroxylation sites is 1. The van der Waals surface area contributed by atoms with Crippen molar-refractivity contribution in [2.45, 2.75) is 19.8 Å². The number of hydrogen-bond donors (Lipinski definition) is 0. The summed E-state index contributed by atoms with van der Waals surface area (Å²) in [6, 6.07) is 20.4. The van der Waals surface area contributed by atoms with Crippen molar-refractivity contribution < 1.29 is 14.3 Å². The van der Waals surface area contributed by atoms with Crippen molar-refractivity contribution >= 4 is 34.4 Å². The number of hydrogen-bond acceptors (Lipinski definition) is 5. The third-order valence-electron chi connectivity index (χ3n) is 6.00. The standard InChI is InChI=1S/C26H24N2O3S/c1-18-13-15-27(16-14-18)24-23(22-8-5-17-32-22)25(29)28(26(24)30)19-9-11-21(12-10-19)31-20-6-3-2-4-7-20/h2-12,17-18H,13-16H2,1H3. The number of piperidine rings is 1. The van der Waals surface area contributed by atoms with Crippen LogP contribution in [0, 0.1) is 5.92 Å². The van der Waals surface area contributed by atoms with Crippen molar-refractivity contribution in [3.63, 3.8) is 0 Å². The first kappa shape index (κ1) is 20.5. The first-order valence-corrected chi connectivity index (χ1v) is 11.7. The van der Waals surface area contributed by atoms with Crippen LogP contribution in [0.25, 0.3) is 5.57 Å². The average molecular weight is 445 g/mol. The Bertz CT molecular complexity index is 1150. The lowest BCUT2D eigenvalue weighted by atomic mass is 9.98. The smallest absolute Gasteiger partial charge is 0.282 e. The highest BCUT2D eigenvalue weighted by molar-refractivity contribution is 7.11. The van der Waals surface area contributed by atoms with E-state index in [1.807, 2.05) is 47.8 Å². The summed E-state index contributed by atoms with van der Waals surface area (Å²) in [6.07, 6.45) is 2.04. The maximum Gasteiger partial charge on any atom is 0.282 e. The summed E-state index contributed by atoms with van der Waals surface area (Å²) in [4.78, 5) is 31.3. The number of nitrogens with zero attached hydrogens (tertiary/aromatic N) is 2. The van der Waals surface area contributed by atoms with E-state index in [-0.39, 0.29) is 11.8 Å². The van der Waals surface area contributed by atoms with E-state index >= 15 is 0 Å². The molecule has 5 rings (SSSR count). The van der Waals surface area contributed by atoms with Gasteiger partial charge < -0.3 is 9.64 Å². The summed E-state index contributed by atoms with van der Waals surface area (Å²) in [7, 11) is 0. The number of imide groups is 1. The molecule has 0 unspecified atom stereocenters. The number of likely N-dealkylation sites (tertiary alicyclic amines) is 1. The number of thiophene rings is 1. The molecule has 32 heavy (non-hydrogen) atoms. The van der Waals surface area contributed by atoms with Crippen LogP contribution in [0.3, 0.4) is 0 Å². The summed E-state index contributed by atoms with van der Waals surface area (Å²) in [5.74, 6) is 1.51. The molecule has 0 saturated carbocycles. The highest BCUT2D eigenvalue weighted by atomic mass is 32.1. The van der Waals surface area contributed by atoms with Crippen LogP contribution in [0.4, 0.5) is 5.69 Å². The van der Waals surface area contributed by atoms with E-state index in [2.05, 4.69) is 11.8 Å². The largest absolute Gasteiger partial charge is 0.457 e. The van der Waals surface area contributed by atoms with Crippen molar-refractivity contribution in [2.24, 2.45) is 5.92 Å². The molecule has 0 bridgehead atoms. The van der Waals surface area contributed by atoms with E-state index in [1.165, 1.54) is 16.2 Å². The van der Waals surface area contributed by atoms with Gasteiger partial charge in [-0.25, -0.2) is 4.90 Å². The summed E-state index contributed by atoms with van der Waals surface area (Å²) in [5, 5.41) is 1.94. The number of carbonyl (C=O) groups is 2. The maximum absolute atomic E-state index is 13.6. The minimum absolute atomic E-state index is 0.246. The van der Waals surface area contributed by atoms with Gasteiger partial charge in [0.2, 0.25) is 0 Å². The molecular formula is C26H24N2O3S. The van der Waals surface area contributed by atoms with Crippen LogP contribution in [0.15, 0.2) is 77.8 Å². The summed E-state index contributed by atoms with van der Waals surface area (Å²) < 4.78 is 5.85. The Morgan fingerprint density at radius 3 is 2.19 bits per heavy atom. The SMILES string of the molecule is CC1CCN(C2=C(c3cccs3)C(=O)N(c3ccc(Oc4ccccc4)cc3)C2=O)CC1. The van der Waals surface area contributed by atoms with E-state index in [9.17, 15) is 9.59 Å². The molecule has 3 aromatic rings. The van der Waals surface area contributed by atoms with Gasteiger partial charge in [-0.15, -0.1) is 11.3 Å². The predicted octanol–water partition coefficient (Wildman–Crippen LogP) is 5.56. The first-order valence-electron chi connectivity index (χ1n) is 10.9. The molecule has 2 aliphatic heterocycles. The van der Waals surface area contributed by atoms with E-state index in [1.54, 1.807) is 24.3 Å². The van der Waals surface area contributed by atoms with Gasteiger partial charge in [0.1, 0.15) is 17.2 Å². The van der Waals surface area contributed by atoms with Gasteiger partial charge in [0.15, 0.2) is 0 Å². The molecule has 162 valence electrons. The van der Waals surface area contributed by atoms with Gasteiger partial charge in [-0.3, -0.25) is 9.59 Å². The molecule has 0 N–H and O–H groups in total. The van der Waals surface area contributed by atoms with Crippen molar-refractivity contribution in [3.05, 3.63) is 82.7 Å². The molecule has 6 heteroatoms. The fraction of sp³-hybridized carbons (Fsp3) is 0.231. The molecule has 0 atom stereocenters. The molecule has 5 nitrogen and oxygen atoms in total. The van der Waals surface area contributed by atoms with Crippen molar-refractivity contribution in [1.82, 2.24) is 4.90 Å². The quantitative estimate of drug-likeness (QED) is 0.484. The number of ether oxygens (including phenoxy) is 1. The van der Waals surface area contributed by atoms with Gasteiger partial charge in [-0.1, -0.05) is 31.2 Å². The summed E-state index contributed by atoms with van der Waals surface area (Å²) >= 11 is 1.49. The molecule has 2 aromatic carbocycles. The lowest BCUT2D eigenvalue weighted by Gasteiger charge is -2.32. The van der Waals surface area contributed by atoms with Crippen LogP contribution in [-0.2, 0) is 9.59 Å². The second kappa shape index (κ2) is 8.63. The highest BCUT2D eigenvalue weighted by Crippen LogP contribution is 2.38. The minimum atomic E-state index is -0.261. The van der Waals surface area contributed by atoms with Crippen LogP contribution < -0.4 is 9.64 Å². The Morgan fingerprint density at radius 2 is 1.53 bits per heavy atom. The summed E-state index contributed by atoms with van der Waals surface area (Å²) in [5.41, 5.74) is 1.60. The zero-order valence-electron chi connectivity index (χ0n) is 17.9. The van der Waals surface area contributed by atoms with E-state index in [0.717, 1.165) is 36.6 Å². The summed E-state index contributed by atoms with van der Waals surface area (Å²) in [6.45, 7) is 3.82. The number of carbonyl (C=O) groups excluding carboxylic acids is 2. The van der Waals surface area contributed by atoms with Crippen LogP contribution in [-0.4, -0.2) is 29.8 Å². The number of rotatable bonds is 5. The zero-order chi connectivity index (χ0) is 22.1.